The van der Waals surface area contributed by atoms with Gasteiger partial charge in [0.1, 0.15) is 0 Å². The molecule has 0 aromatic heterocycles. The molecule has 1 aromatic rings. The highest BCUT2D eigenvalue weighted by Gasteiger charge is 2.20. The third kappa shape index (κ3) is 2.52. The zero-order valence-electron chi connectivity index (χ0n) is 8.58. The number of likely N-dealkylation sites (tertiary alicyclic amines) is 1. The lowest BCUT2D eigenvalue weighted by molar-refractivity contribution is 0.161. The topological polar surface area (TPSA) is 29.5 Å². The molecular weight excluding hydrogens is 277 g/mol. The summed E-state index contributed by atoms with van der Waals surface area (Å²) in [4.78, 5) is 13.2. The zero-order chi connectivity index (χ0) is 11.5. The number of amides is 1. The number of benzene rings is 1. The predicted octanol–water partition coefficient (Wildman–Crippen LogP) is 3.18. The molecule has 0 saturated carbocycles. The minimum Gasteiger partial charge on any atom is -0.407 e. The molecule has 0 bridgehead atoms. The summed E-state index contributed by atoms with van der Waals surface area (Å²) in [5.41, 5.74) is 0. The average Bonchev–Trinajstić information content (AvgIpc) is 2.75. The molecule has 1 fully saturated rings. The van der Waals surface area contributed by atoms with Crippen molar-refractivity contribution < 1.29 is 13.9 Å². The van der Waals surface area contributed by atoms with Gasteiger partial charge in [-0.25, -0.2) is 9.18 Å². The van der Waals surface area contributed by atoms with Crippen molar-refractivity contribution in [2.75, 3.05) is 13.1 Å². The Bertz CT molecular complexity index is 405. The van der Waals surface area contributed by atoms with E-state index in [4.69, 9.17) is 4.74 Å². The van der Waals surface area contributed by atoms with E-state index in [1.54, 1.807) is 11.0 Å². The van der Waals surface area contributed by atoms with Crippen LogP contribution in [0, 0.1) is 5.82 Å². The molecule has 0 aliphatic carbocycles. The molecular formula is C11H11BrFNO2. The molecule has 5 heteroatoms. The second kappa shape index (κ2) is 4.82. The quantitative estimate of drug-likeness (QED) is 0.794. The van der Waals surface area contributed by atoms with Crippen molar-refractivity contribution >= 4 is 22.0 Å². The van der Waals surface area contributed by atoms with Crippen molar-refractivity contribution in [1.29, 1.82) is 0 Å². The van der Waals surface area contributed by atoms with Crippen molar-refractivity contribution in [3.05, 3.63) is 28.5 Å². The molecule has 86 valence electrons. The van der Waals surface area contributed by atoms with Crippen molar-refractivity contribution in [1.82, 2.24) is 4.90 Å². The number of rotatable bonds is 1. The maximum atomic E-state index is 13.4. The lowest BCUT2D eigenvalue weighted by Gasteiger charge is -2.15. The Hall–Kier alpha value is -1.10. The van der Waals surface area contributed by atoms with E-state index in [0.717, 1.165) is 12.8 Å². The van der Waals surface area contributed by atoms with Crippen LogP contribution < -0.4 is 4.74 Å². The van der Waals surface area contributed by atoms with E-state index in [9.17, 15) is 9.18 Å². The van der Waals surface area contributed by atoms with Gasteiger partial charge in [0.2, 0.25) is 0 Å². The van der Waals surface area contributed by atoms with E-state index in [2.05, 4.69) is 15.9 Å². The SMILES string of the molecule is O=C(Oc1ccc(Br)cc1F)N1CCCC1. The molecule has 0 atom stereocenters. The van der Waals surface area contributed by atoms with Crippen LogP contribution in [0.2, 0.25) is 0 Å². The van der Waals surface area contributed by atoms with Crippen molar-refractivity contribution in [3.63, 3.8) is 0 Å². The molecule has 16 heavy (non-hydrogen) atoms. The van der Waals surface area contributed by atoms with Gasteiger partial charge in [0.15, 0.2) is 11.6 Å². The smallest absolute Gasteiger partial charge is 0.407 e. The van der Waals surface area contributed by atoms with Crippen LogP contribution in [-0.2, 0) is 0 Å². The van der Waals surface area contributed by atoms with Crippen molar-refractivity contribution in [2.45, 2.75) is 12.8 Å². The number of hydrogen-bond donors (Lipinski definition) is 0. The third-order valence-corrected chi connectivity index (χ3v) is 2.95. The number of ether oxygens (including phenoxy) is 1. The first-order valence-corrected chi connectivity index (χ1v) is 5.88. The molecule has 2 rings (SSSR count). The van der Waals surface area contributed by atoms with Gasteiger partial charge < -0.3 is 9.64 Å². The Balaban J connectivity index is 2.05. The maximum absolute atomic E-state index is 13.4. The Morgan fingerprint density at radius 2 is 2.06 bits per heavy atom. The Kier molecular flexibility index (Phi) is 3.43. The number of carbonyl (C=O) groups is 1. The summed E-state index contributed by atoms with van der Waals surface area (Å²) in [6.07, 6.45) is 1.49. The van der Waals surface area contributed by atoms with E-state index in [0.29, 0.717) is 17.6 Å². The van der Waals surface area contributed by atoms with Gasteiger partial charge in [0.25, 0.3) is 0 Å². The Morgan fingerprint density at radius 3 is 2.69 bits per heavy atom. The summed E-state index contributed by atoms with van der Waals surface area (Å²) in [7, 11) is 0. The van der Waals surface area contributed by atoms with E-state index < -0.39 is 11.9 Å². The van der Waals surface area contributed by atoms with Crippen LogP contribution in [0.4, 0.5) is 9.18 Å². The molecule has 0 N–H and O–H groups in total. The fourth-order valence-corrected chi connectivity index (χ4v) is 1.95. The summed E-state index contributed by atoms with van der Waals surface area (Å²) in [5.74, 6) is -0.568. The first-order valence-electron chi connectivity index (χ1n) is 5.08. The molecule has 0 radical (unpaired) electrons. The Labute approximate surface area is 101 Å². The molecule has 1 amide bonds. The van der Waals surface area contributed by atoms with Gasteiger partial charge in [-0.15, -0.1) is 0 Å². The van der Waals surface area contributed by atoms with Gasteiger partial charge >= 0.3 is 6.09 Å². The molecule has 0 spiro atoms. The van der Waals surface area contributed by atoms with Crippen LogP contribution in [0.3, 0.4) is 0 Å². The van der Waals surface area contributed by atoms with Crippen LogP contribution in [0.1, 0.15) is 12.8 Å². The van der Waals surface area contributed by atoms with Crippen LogP contribution in [0.25, 0.3) is 0 Å². The van der Waals surface area contributed by atoms with E-state index in [-0.39, 0.29) is 5.75 Å². The van der Waals surface area contributed by atoms with Crippen LogP contribution in [0.5, 0.6) is 5.75 Å². The lowest BCUT2D eigenvalue weighted by atomic mass is 10.3. The fourth-order valence-electron chi connectivity index (χ4n) is 1.62. The van der Waals surface area contributed by atoms with Gasteiger partial charge in [-0.05, 0) is 31.0 Å². The third-order valence-electron chi connectivity index (χ3n) is 2.46. The number of carbonyl (C=O) groups excluding carboxylic acids is 1. The highest BCUT2D eigenvalue weighted by Crippen LogP contribution is 2.22. The Morgan fingerprint density at radius 1 is 1.38 bits per heavy atom. The molecule has 0 unspecified atom stereocenters. The minimum atomic E-state index is -0.540. The maximum Gasteiger partial charge on any atom is 0.415 e. The number of halogens is 2. The van der Waals surface area contributed by atoms with Crippen LogP contribution in [-0.4, -0.2) is 24.1 Å². The van der Waals surface area contributed by atoms with Gasteiger partial charge in [-0.2, -0.15) is 0 Å². The molecule has 1 heterocycles. The molecule has 1 aliphatic heterocycles. The van der Waals surface area contributed by atoms with Gasteiger partial charge in [0.05, 0.1) is 0 Å². The largest absolute Gasteiger partial charge is 0.415 e. The first kappa shape index (κ1) is 11.4. The second-order valence-electron chi connectivity index (χ2n) is 3.64. The van der Waals surface area contributed by atoms with Crippen molar-refractivity contribution in [2.24, 2.45) is 0 Å². The van der Waals surface area contributed by atoms with Gasteiger partial charge in [0, 0.05) is 17.6 Å². The summed E-state index contributed by atoms with van der Waals surface area (Å²) in [5, 5.41) is 0. The summed E-state index contributed by atoms with van der Waals surface area (Å²) >= 11 is 3.14. The number of hydrogen-bond acceptors (Lipinski definition) is 2. The van der Waals surface area contributed by atoms with E-state index in [1.807, 2.05) is 0 Å². The monoisotopic (exact) mass is 287 g/mol. The lowest BCUT2D eigenvalue weighted by Crippen LogP contribution is -2.30. The molecule has 1 saturated heterocycles. The van der Waals surface area contributed by atoms with E-state index in [1.165, 1.54) is 12.1 Å². The first-order chi connectivity index (χ1) is 7.66. The second-order valence-corrected chi connectivity index (χ2v) is 4.55. The minimum absolute atomic E-state index is 0.0277. The van der Waals surface area contributed by atoms with E-state index >= 15 is 0 Å². The normalized spacial score (nSPS) is 15.2. The fraction of sp³-hybridized carbons (Fsp3) is 0.364. The summed E-state index contributed by atoms with van der Waals surface area (Å²) in [6, 6.07) is 4.34. The predicted molar refractivity (Wildman–Crippen MR) is 60.9 cm³/mol. The van der Waals surface area contributed by atoms with Gasteiger partial charge in [-0.3, -0.25) is 0 Å². The van der Waals surface area contributed by atoms with Gasteiger partial charge in [-0.1, -0.05) is 15.9 Å². The number of nitrogens with zero attached hydrogens (tertiary/aromatic N) is 1. The summed E-state index contributed by atoms with van der Waals surface area (Å²) < 4.78 is 19.0. The molecule has 1 aliphatic rings. The van der Waals surface area contributed by atoms with Crippen molar-refractivity contribution in [3.8, 4) is 5.75 Å². The standard InChI is InChI=1S/C11H11BrFNO2/c12-8-3-4-10(9(13)7-8)16-11(15)14-5-1-2-6-14/h3-4,7H,1-2,5-6H2. The van der Waals surface area contributed by atoms with Crippen LogP contribution in [0.15, 0.2) is 22.7 Å². The summed E-state index contributed by atoms with van der Waals surface area (Å²) in [6.45, 7) is 1.38. The average molecular weight is 288 g/mol. The molecule has 1 aromatic carbocycles. The zero-order valence-corrected chi connectivity index (χ0v) is 10.2. The molecule has 3 nitrogen and oxygen atoms in total. The highest BCUT2D eigenvalue weighted by atomic mass is 79.9. The van der Waals surface area contributed by atoms with Crippen LogP contribution >= 0.6 is 15.9 Å². The highest BCUT2D eigenvalue weighted by molar-refractivity contribution is 9.10.